The summed E-state index contributed by atoms with van der Waals surface area (Å²) >= 11 is 0. The third-order valence-electron chi connectivity index (χ3n) is 6.34. The molecule has 3 rings (SSSR count). The first-order valence-corrected chi connectivity index (χ1v) is 13.0. The van der Waals surface area contributed by atoms with Crippen LogP contribution in [0.5, 0.6) is 5.75 Å². The lowest BCUT2D eigenvalue weighted by Crippen LogP contribution is -2.51. The third kappa shape index (κ3) is 7.29. The first-order chi connectivity index (χ1) is 17.8. The number of aromatic nitrogens is 3. The van der Waals surface area contributed by atoms with Crippen molar-refractivity contribution in [1.82, 2.24) is 25.2 Å². The molecule has 0 saturated carbocycles. The zero-order valence-corrected chi connectivity index (χ0v) is 22.6. The Morgan fingerprint density at radius 3 is 2.51 bits per heavy atom. The predicted octanol–water partition coefficient (Wildman–Crippen LogP) is 4.13. The summed E-state index contributed by atoms with van der Waals surface area (Å²) in [5.41, 5.74) is 1.66. The van der Waals surface area contributed by atoms with Crippen LogP contribution in [0.3, 0.4) is 0 Å². The highest BCUT2D eigenvalue weighted by atomic mass is 16.5. The van der Waals surface area contributed by atoms with Gasteiger partial charge in [0.25, 0.3) is 0 Å². The van der Waals surface area contributed by atoms with E-state index in [-0.39, 0.29) is 18.4 Å². The highest BCUT2D eigenvalue weighted by molar-refractivity contribution is 5.90. The second-order valence-corrected chi connectivity index (χ2v) is 9.47. The van der Waals surface area contributed by atoms with E-state index >= 15 is 0 Å². The molecular formula is C28H39N5O4. The molecule has 0 radical (unpaired) electrons. The van der Waals surface area contributed by atoms with E-state index in [1.807, 2.05) is 83.1 Å². The van der Waals surface area contributed by atoms with Crippen molar-refractivity contribution in [1.29, 1.82) is 0 Å². The normalized spacial score (nSPS) is 12.4. The summed E-state index contributed by atoms with van der Waals surface area (Å²) in [7, 11) is 0. The van der Waals surface area contributed by atoms with Gasteiger partial charge in [-0.25, -0.2) is 4.68 Å². The lowest BCUT2D eigenvalue weighted by Gasteiger charge is -2.35. The minimum atomic E-state index is -0.891. The van der Waals surface area contributed by atoms with E-state index in [4.69, 9.17) is 9.47 Å². The lowest BCUT2D eigenvalue weighted by atomic mass is 9.98. The van der Waals surface area contributed by atoms with Crippen molar-refractivity contribution in [2.45, 2.75) is 65.6 Å². The maximum absolute atomic E-state index is 13.9. The molecule has 0 spiro atoms. The van der Waals surface area contributed by atoms with Crippen LogP contribution in [0.1, 0.15) is 59.1 Å². The Bertz CT molecular complexity index is 1180. The molecule has 37 heavy (non-hydrogen) atoms. The van der Waals surface area contributed by atoms with Crippen LogP contribution in [-0.4, -0.2) is 63.6 Å². The molecule has 200 valence electrons. The SMILES string of the molecule is CCOCCCN(C(=O)Cn1nnc2ccccc21)[C@H](C(=O)NC(C)(C)CC)c1ccccc1OCC. The number of rotatable bonds is 14. The van der Waals surface area contributed by atoms with Gasteiger partial charge in [-0.2, -0.15) is 0 Å². The van der Waals surface area contributed by atoms with Gasteiger partial charge in [0.1, 0.15) is 23.9 Å². The van der Waals surface area contributed by atoms with Gasteiger partial charge in [0.05, 0.1) is 12.1 Å². The van der Waals surface area contributed by atoms with Crippen LogP contribution in [0.4, 0.5) is 0 Å². The number of carbonyl (C=O) groups is 2. The Balaban J connectivity index is 2.03. The van der Waals surface area contributed by atoms with Crippen LogP contribution in [0.2, 0.25) is 0 Å². The molecule has 9 nitrogen and oxygen atoms in total. The van der Waals surface area contributed by atoms with E-state index in [9.17, 15) is 9.59 Å². The van der Waals surface area contributed by atoms with Gasteiger partial charge >= 0.3 is 0 Å². The Morgan fingerprint density at radius 1 is 1.05 bits per heavy atom. The van der Waals surface area contributed by atoms with Gasteiger partial charge in [-0.05, 0) is 58.7 Å². The molecule has 0 unspecified atom stereocenters. The molecule has 0 aliphatic carbocycles. The number of hydrogen-bond donors (Lipinski definition) is 1. The van der Waals surface area contributed by atoms with Crippen LogP contribution in [-0.2, 0) is 20.9 Å². The van der Waals surface area contributed by atoms with Crippen molar-refractivity contribution < 1.29 is 19.1 Å². The van der Waals surface area contributed by atoms with Crippen LogP contribution < -0.4 is 10.1 Å². The molecule has 1 heterocycles. The van der Waals surface area contributed by atoms with Crippen molar-refractivity contribution in [3.63, 3.8) is 0 Å². The van der Waals surface area contributed by atoms with Gasteiger partial charge in [-0.3, -0.25) is 9.59 Å². The minimum Gasteiger partial charge on any atom is -0.494 e. The smallest absolute Gasteiger partial charge is 0.248 e. The summed E-state index contributed by atoms with van der Waals surface area (Å²) in [6.07, 6.45) is 1.32. The zero-order chi connectivity index (χ0) is 26.8. The second-order valence-electron chi connectivity index (χ2n) is 9.47. The van der Waals surface area contributed by atoms with Gasteiger partial charge in [0.15, 0.2) is 0 Å². The van der Waals surface area contributed by atoms with Gasteiger partial charge in [-0.15, -0.1) is 5.10 Å². The number of benzene rings is 2. The van der Waals surface area contributed by atoms with Crippen LogP contribution in [0, 0.1) is 0 Å². The van der Waals surface area contributed by atoms with E-state index in [0.29, 0.717) is 49.6 Å². The molecule has 3 aromatic rings. The largest absolute Gasteiger partial charge is 0.494 e. The van der Waals surface area contributed by atoms with Gasteiger partial charge in [0, 0.05) is 30.9 Å². The molecule has 9 heteroatoms. The molecule has 2 amide bonds. The number of fused-ring (bicyclic) bond motifs is 1. The van der Waals surface area contributed by atoms with E-state index < -0.39 is 11.6 Å². The molecule has 1 N–H and O–H groups in total. The number of nitrogens with one attached hydrogen (secondary N) is 1. The fourth-order valence-corrected chi connectivity index (χ4v) is 4.07. The molecule has 0 aliphatic rings. The molecule has 1 aromatic heterocycles. The molecule has 0 aliphatic heterocycles. The van der Waals surface area contributed by atoms with Crippen molar-refractivity contribution in [3.8, 4) is 5.75 Å². The summed E-state index contributed by atoms with van der Waals surface area (Å²) in [6.45, 7) is 11.6. The van der Waals surface area contributed by atoms with Crippen LogP contribution in [0.25, 0.3) is 11.0 Å². The van der Waals surface area contributed by atoms with E-state index in [2.05, 4.69) is 15.6 Å². The summed E-state index contributed by atoms with van der Waals surface area (Å²) in [4.78, 5) is 29.4. The Labute approximate surface area is 219 Å². The first-order valence-electron chi connectivity index (χ1n) is 13.0. The summed E-state index contributed by atoms with van der Waals surface area (Å²) < 4.78 is 13.0. The van der Waals surface area contributed by atoms with Crippen molar-refractivity contribution in [3.05, 3.63) is 54.1 Å². The number of nitrogens with zero attached hydrogens (tertiary/aromatic N) is 4. The number of ether oxygens (including phenoxy) is 2. The third-order valence-corrected chi connectivity index (χ3v) is 6.34. The highest BCUT2D eigenvalue weighted by Gasteiger charge is 2.35. The van der Waals surface area contributed by atoms with E-state index in [1.165, 1.54) is 0 Å². The number of hydrogen-bond acceptors (Lipinski definition) is 6. The van der Waals surface area contributed by atoms with Crippen molar-refractivity contribution in [2.75, 3.05) is 26.4 Å². The molecular weight excluding hydrogens is 470 g/mol. The standard InChI is InChI=1S/C28H39N5O4/c1-6-28(4,5)29-27(35)26(21-14-9-12-17-24(21)37-8-3)32(18-13-19-36-7-2)25(34)20-33-23-16-11-10-15-22(23)30-31-33/h9-12,14-17,26H,6-8,13,18-20H2,1-5H3,(H,29,35)/t26-/m0/s1. The average molecular weight is 510 g/mol. The maximum atomic E-state index is 13.9. The number of carbonyl (C=O) groups excluding carboxylic acids is 2. The Kier molecular flexibility index (Phi) is 10.0. The monoisotopic (exact) mass is 509 g/mol. The second kappa shape index (κ2) is 13.2. The fraction of sp³-hybridized carbons (Fsp3) is 0.500. The first kappa shape index (κ1) is 28.1. The highest BCUT2D eigenvalue weighted by Crippen LogP contribution is 2.31. The molecule has 0 bridgehead atoms. The topological polar surface area (TPSA) is 98.6 Å². The Hall–Kier alpha value is -3.46. The quantitative estimate of drug-likeness (QED) is 0.328. The van der Waals surface area contributed by atoms with Crippen molar-refractivity contribution in [2.24, 2.45) is 0 Å². The maximum Gasteiger partial charge on any atom is 0.248 e. The van der Waals surface area contributed by atoms with Gasteiger partial charge in [-0.1, -0.05) is 42.5 Å². The molecule has 1 atom stereocenters. The minimum absolute atomic E-state index is 0.0487. The van der Waals surface area contributed by atoms with Crippen molar-refractivity contribution >= 4 is 22.8 Å². The number of amides is 2. The summed E-state index contributed by atoms with van der Waals surface area (Å²) in [5.74, 6) is 0.0772. The molecule has 0 fully saturated rings. The number of para-hydroxylation sites is 2. The summed E-state index contributed by atoms with van der Waals surface area (Å²) in [5, 5.41) is 11.5. The summed E-state index contributed by atoms with van der Waals surface area (Å²) in [6, 6.07) is 14.0. The average Bonchev–Trinajstić information content (AvgIpc) is 3.29. The zero-order valence-electron chi connectivity index (χ0n) is 22.6. The Morgan fingerprint density at radius 2 is 1.78 bits per heavy atom. The van der Waals surface area contributed by atoms with Gasteiger partial charge in [0.2, 0.25) is 11.8 Å². The van der Waals surface area contributed by atoms with E-state index in [1.54, 1.807) is 9.58 Å². The van der Waals surface area contributed by atoms with Gasteiger partial charge < -0.3 is 19.7 Å². The molecule has 2 aromatic carbocycles. The molecule has 0 saturated heterocycles. The van der Waals surface area contributed by atoms with Crippen LogP contribution >= 0.6 is 0 Å². The fourth-order valence-electron chi connectivity index (χ4n) is 4.07. The van der Waals surface area contributed by atoms with E-state index in [0.717, 1.165) is 11.9 Å². The lowest BCUT2D eigenvalue weighted by molar-refractivity contribution is -0.142. The predicted molar refractivity (Wildman–Crippen MR) is 143 cm³/mol. The van der Waals surface area contributed by atoms with Crippen LogP contribution in [0.15, 0.2) is 48.5 Å².